The van der Waals surface area contributed by atoms with Gasteiger partial charge in [0, 0.05) is 25.7 Å². The summed E-state index contributed by atoms with van der Waals surface area (Å²) in [5, 5.41) is 10.3. The lowest BCUT2D eigenvalue weighted by Crippen LogP contribution is -2.42. The van der Waals surface area contributed by atoms with Crippen LogP contribution in [-0.2, 0) is 12.8 Å². The van der Waals surface area contributed by atoms with Crippen LogP contribution in [0, 0.1) is 5.92 Å². The summed E-state index contributed by atoms with van der Waals surface area (Å²) in [7, 11) is 2.17. The first-order chi connectivity index (χ1) is 12.0. The molecule has 1 N–H and O–H groups in total. The third kappa shape index (κ3) is 4.17. The number of phenolic OH excluding ortho intramolecular Hbond substituents is 1. The first-order valence-corrected chi connectivity index (χ1v) is 9.80. The number of hydrogen-bond acceptors (Lipinski definition) is 3. The van der Waals surface area contributed by atoms with E-state index in [2.05, 4.69) is 25.8 Å². The molecule has 1 saturated heterocycles. The van der Waals surface area contributed by atoms with Gasteiger partial charge in [-0.3, -0.25) is 4.79 Å². The van der Waals surface area contributed by atoms with E-state index in [1.807, 2.05) is 17.0 Å². The SMILES string of the molecule is CC(C)N(C)CC1CCN(C(=O)c2cc3c(cc2O)CCCC3)CC1. The largest absolute Gasteiger partial charge is 0.507 e. The maximum absolute atomic E-state index is 12.9. The highest BCUT2D eigenvalue weighted by molar-refractivity contribution is 5.97. The van der Waals surface area contributed by atoms with Gasteiger partial charge in [-0.25, -0.2) is 0 Å². The predicted molar refractivity (Wildman–Crippen MR) is 101 cm³/mol. The summed E-state index contributed by atoms with van der Waals surface area (Å²) in [5.41, 5.74) is 2.97. The van der Waals surface area contributed by atoms with E-state index in [9.17, 15) is 9.90 Å². The van der Waals surface area contributed by atoms with Crippen LogP contribution in [0.25, 0.3) is 0 Å². The number of amides is 1. The average Bonchev–Trinajstić information content (AvgIpc) is 2.61. The minimum atomic E-state index is 0.00142. The van der Waals surface area contributed by atoms with Gasteiger partial charge in [-0.1, -0.05) is 0 Å². The van der Waals surface area contributed by atoms with Crippen LogP contribution in [0.15, 0.2) is 12.1 Å². The van der Waals surface area contributed by atoms with E-state index < -0.39 is 0 Å². The molecule has 0 bridgehead atoms. The molecule has 4 heteroatoms. The molecule has 1 aliphatic heterocycles. The average molecular weight is 344 g/mol. The topological polar surface area (TPSA) is 43.8 Å². The van der Waals surface area contributed by atoms with Gasteiger partial charge in [0.1, 0.15) is 5.75 Å². The number of carbonyl (C=O) groups excluding carboxylic acids is 1. The van der Waals surface area contributed by atoms with Crippen molar-refractivity contribution in [2.24, 2.45) is 5.92 Å². The van der Waals surface area contributed by atoms with E-state index in [-0.39, 0.29) is 11.7 Å². The summed E-state index contributed by atoms with van der Waals surface area (Å²) in [4.78, 5) is 17.2. The molecule has 1 heterocycles. The highest BCUT2D eigenvalue weighted by Gasteiger charge is 2.27. The molecule has 2 aliphatic rings. The van der Waals surface area contributed by atoms with Crippen LogP contribution in [0.2, 0.25) is 0 Å². The number of piperidine rings is 1. The molecule has 25 heavy (non-hydrogen) atoms. The van der Waals surface area contributed by atoms with Crippen LogP contribution in [0.5, 0.6) is 5.75 Å². The van der Waals surface area contributed by atoms with Gasteiger partial charge in [0.15, 0.2) is 0 Å². The van der Waals surface area contributed by atoms with Crippen molar-refractivity contribution in [3.63, 3.8) is 0 Å². The van der Waals surface area contributed by atoms with E-state index >= 15 is 0 Å². The molecule has 138 valence electrons. The summed E-state index contributed by atoms with van der Waals surface area (Å²) in [5.74, 6) is 0.822. The van der Waals surface area contributed by atoms with Crippen LogP contribution in [-0.4, -0.2) is 53.5 Å². The predicted octanol–water partition coefficient (Wildman–Crippen LogP) is 3.46. The molecule has 1 aromatic carbocycles. The van der Waals surface area contributed by atoms with Crippen LogP contribution in [0.3, 0.4) is 0 Å². The minimum absolute atomic E-state index is 0.00142. The molecule has 3 rings (SSSR count). The van der Waals surface area contributed by atoms with E-state index in [0.717, 1.165) is 45.3 Å². The molecule has 0 saturated carbocycles. The zero-order chi connectivity index (χ0) is 18.0. The van der Waals surface area contributed by atoms with Gasteiger partial charge in [0.05, 0.1) is 5.56 Å². The third-order valence-corrected chi connectivity index (χ3v) is 6.02. The van der Waals surface area contributed by atoms with Crippen molar-refractivity contribution in [3.05, 3.63) is 28.8 Å². The maximum atomic E-state index is 12.9. The van der Waals surface area contributed by atoms with Gasteiger partial charge in [-0.15, -0.1) is 0 Å². The molecular formula is C21H32N2O2. The second-order valence-corrected chi connectivity index (χ2v) is 8.11. The Hall–Kier alpha value is -1.55. The summed E-state index contributed by atoms with van der Waals surface area (Å²) in [6.07, 6.45) is 6.51. The summed E-state index contributed by atoms with van der Waals surface area (Å²) in [6.45, 7) is 7.14. The Labute approximate surface area is 151 Å². The second-order valence-electron chi connectivity index (χ2n) is 8.11. The monoisotopic (exact) mass is 344 g/mol. The number of rotatable bonds is 4. The Morgan fingerprint density at radius 3 is 2.40 bits per heavy atom. The fourth-order valence-electron chi connectivity index (χ4n) is 4.05. The molecule has 0 aromatic heterocycles. The van der Waals surface area contributed by atoms with Gasteiger partial charge >= 0.3 is 0 Å². The number of aromatic hydroxyl groups is 1. The number of hydrogen-bond donors (Lipinski definition) is 1. The van der Waals surface area contributed by atoms with Gasteiger partial charge in [0.2, 0.25) is 0 Å². The Morgan fingerprint density at radius 2 is 1.80 bits per heavy atom. The zero-order valence-corrected chi connectivity index (χ0v) is 15.9. The molecule has 1 fully saturated rings. The van der Waals surface area contributed by atoms with Crippen molar-refractivity contribution in [2.45, 2.75) is 58.4 Å². The number of phenols is 1. The van der Waals surface area contributed by atoms with E-state index in [1.165, 1.54) is 24.0 Å². The second kappa shape index (κ2) is 7.77. The number of benzene rings is 1. The summed E-state index contributed by atoms with van der Waals surface area (Å²) in [6, 6.07) is 4.34. The minimum Gasteiger partial charge on any atom is -0.507 e. The van der Waals surface area contributed by atoms with Crippen molar-refractivity contribution in [1.82, 2.24) is 9.80 Å². The number of likely N-dealkylation sites (tertiary alicyclic amines) is 1. The fourth-order valence-corrected chi connectivity index (χ4v) is 4.05. The number of nitrogens with zero attached hydrogens (tertiary/aromatic N) is 2. The Kier molecular flexibility index (Phi) is 5.67. The van der Waals surface area contributed by atoms with Crippen LogP contribution < -0.4 is 0 Å². The van der Waals surface area contributed by atoms with E-state index in [4.69, 9.17) is 0 Å². The van der Waals surface area contributed by atoms with Crippen LogP contribution >= 0.6 is 0 Å². The van der Waals surface area contributed by atoms with E-state index in [1.54, 1.807) is 0 Å². The van der Waals surface area contributed by atoms with E-state index in [0.29, 0.717) is 17.5 Å². The number of aryl methyl sites for hydroxylation is 2. The summed E-state index contributed by atoms with van der Waals surface area (Å²) < 4.78 is 0. The fraction of sp³-hybridized carbons (Fsp3) is 0.667. The van der Waals surface area contributed by atoms with Gasteiger partial charge in [0.25, 0.3) is 5.91 Å². The molecule has 0 radical (unpaired) electrons. The molecule has 1 aromatic rings. The molecule has 1 aliphatic carbocycles. The van der Waals surface area contributed by atoms with Crippen molar-refractivity contribution < 1.29 is 9.90 Å². The van der Waals surface area contributed by atoms with Gasteiger partial charge in [-0.2, -0.15) is 0 Å². The number of carbonyl (C=O) groups is 1. The van der Waals surface area contributed by atoms with Crippen LogP contribution in [0.1, 0.15) is 61.0 Å². The lowest BCUT2D eigenvalue weighted by molar-refractivity contribution is 0.0663. The Bertz CT molecular complexity index is 619. The molecule has 0 unspecified atom stereocenters. The van der Waals surface area contributed by atoms with Gasteiger partial charge in [-0.05, 0) is 88.6 Å². The van der Waals surface area contributed by atoms with Gasteiger partial charge < -0.3 is 14.9 Å². The standard InChI is InChI=1S/C21H32N2O2/c1-15(2)22(3)14-16-8-10-23(11-9-16)21(25)19-12-17-6-4-5-7-18(17)13-20(19)24/h12-13,15-16,24H,4-11,14H2,1-3H3. The van der Waals surface area contributed by atoms with Crippen molar-refractivity contribution >= 4 is 5.91 Å². The molecule has 4 nitrogen and oxygen atoms in total. The summed E-state index contributed by atoms with van der Waals surface area (Å²) >= 11 is 0. The number of fused-ring (bicyclic) bond motifs is 1. The lowest BCUT2D eigenvalue weighted by Gasteiger charge is -2.35. The van der Waals surface area contributed by atoms with Crippen molar-refractivity contribution in [1.29, 1.82) is 0 Å². The van der Waals surface area contributed by atoms with Crippen molar-refractivity contribution in [3.8, 4) is 5.75 Å². The maximum Gasteiger partial charge on any atom is 0.257 e. The quantitative estimate of drug-likeness (QED) is 0.910. The van der Waals surface area contributed by atoms with Crippen LogP contribution in [0.4, 0.5) is 0 Å². The molecule has 1 amide bonds. The zero-order valence-electron chi connectivity index (χ0n) is 15.9. The highest BCUT2D eigenvalue weighted by Crippen LogP contribution is 2.30. The Balaban J connectivity index is 1.63. The molecular weight excluding hydrogens is 312 g/mol. The lowest BCUT2D eigenvalue weighted by atomic mass is 9.89. The Morgan fingerprint density at radius 1 is 1.20 bits per heavy atom. The third-order valence-electron chi connectivity index (χ3n) is 6.02. The first-order valence-electron chi connectivity index (χ1n) is 9.80. The van der Waals surface area contributed by atoms with Crippen molar-refractivity contribution in [2.75, 3.05) is 26.7 Å². The first kappa shape index (κ1) is 18.2. The molecule has 0 spiro atoms. The molecule has 0 atom stereocenters. The highest BCUT2D eigenvalue weighted by atomic mass is 16.3. The normalized spacial score (nSPS) is 18.7. The smallest absolute Gasteiger partial charge is 0.257 e.